The fourth-order valence-electron chi connectivity index (χ4n) is 5.14. The summed E-state index contributed by atoms with van der Waals surface area (Å²) in [6, 6.07) is 2.15. The molecule has 3 rings (SSSR count). The first-order chi connectivity index (χ1) is 11.3. The fraction of sp³-hybridized carbons (Fsp3) is 0.950. The third-order valence-electron chi connectivity index (χ3n) is 6.58. The first-order valence-corrected chi connectivity index (χ1v) is 10.7. The van der Waals surface area contributed by atoms with Crippen LogP contribution in [0.1, 0.15) is 96.3 Å². The topological polar surface area (TPSA) is 6.48 Å². The molecule has 0 spiro atoms. The lowest BCUT2D eigenvalue weighted by atomic mass is 9.88. The molecule has 23 heavy (non-hydrogen) atoms. The number of hydrogen-bond acceptors (Lipinski definition) is 1. The Morgan fingerprint density at radius 3 is 1.35 bits per heavy atom. The monoisotopic (exact) mass is 336 g/mol. The molecule has 3 aliphatic rings. The molecule has 132 valence electrons. The van der Waals surface area contributed by atoms with Gasteiger partial charge in [-0.25, -0.2) is 0 Å². The molecule has 0 aromatic carbocycles. The van der Waals surface area contributed by atoms with Gasteiger partial charge in [-0.1, -0.05) is 57.8 Å². The first kappa shape index (κ1) is 17.5. The van der Waals surface area contributed by atoms with Crippen LogP contribution < -0.4 is 0 Å². The van der Waals surface area contributed by atoms with Crippen LogP contribution in [0.15, 0.2) is 0 Å². The molecule has 0 aliphatic heterocycles. The van der Waals surface area contributed by atoms with Crippen molar-refractivity contribution in [1.29, 1.82) is 0 Å². The van der Waals surface area contributed by atoms with Crippen LogP contribution in [-0.4, -0.2) is 40.1 Å². The Kier molecular flexibility index (Phi) is 6.62. The van der Waals surface area contributed by atoms with E-state index in [-0.39, 0.29) is 0 Å². The summed E-state index contributed by atoms with van der Waals surface area (Å²) in [5, 5.41) is 1.19. The van der Waals surface area contributed by atoms with Crippen molar-refractivity contribution in [2.75, 3.05) is 7.05 Å². The van der Waals surface area contributed by atoms with Crippen molar-refractivity contribution in [3.05, 3.63) is 0 Å². The quantitative estimate of drug-likeness (QED) is 0.628. The van der Waals surface area contributed by atoms with E-state index in [1.807, 2.05) is 0 Å². The lowest BCUT2D eigenvalue weighted by Crippen LogP contribution is -2.55. The van der Waals surface area contributed by atoms with Crippen molar-refractivity contribution in [3.8, 4) is 0 Å². The SMILES string of the molecule is CN(C(=S)N(C1CCCCC1)C1CCCCC1)C1CCCCC1. The summed E-state index contributed by atoms with van der Waals surface area (Å²) in [6.45, 7) is 0. The molecule has 0 bridgehead atoms. The summed E-state index contributed by atoms with van der Waals surface area (Å²) >= 11 is 6.09. The smallest absolute Gasteiger partial charge is 0.172 e. The second-order valence-corrected chi connectivity index (χ2v) is 8.54. The van der Waals surface area contributed by atoms with E-state index >= 15 is 0 Å². The number of rotatable bonds is 3. The van der Waals surface area contributed by atoms with Crippen LogP contribution in [0.2, 0.25) is 0 Å². The zero-order chi connectivity index (χ0) is 16.1. The highest BCUT2D eigenvalue weighted by Gasteiger charge is 2.33. The molecule has 0 N–H and O–H groups in total. The van der Waals surface area contributed by atoms with E-state index < -0.39 is 0 Å². The van der Waals surface area contributed by atoms with Crippen molar-refractivity contribution in [2.45, 2.75) is 114 Å². The minimum atomic E-state index is 0.700. The molecule has 0 saturated heterocycles. The maximum absolute atomic E-state index is 6.09. The van der Waals surface area contributed by atoms with Crippen LogP contribution in [0.3, 0.4) is 0 Å². The summed E-state index contributed by atoms with van der Waals surface area (Å²) in [4.78, 5) is 5.24. The Bertz CT molecular complexity index is 348. The van der Waals surface area contributed by atoms with E-state index in [9.17, 15) is 0 Å². The third kappa shape index (κ3) is 4.41. The molecule has 3 saturated carbocycles. The van der Waals surface area contributed by atoms with Crippen LogP contribution in [0.25, 0.3) is 0 Å². The van der Waals surface area contributed by atoms with Gasteiger partial charge in [-0.2, -0.15) is 0 Å². The van der Waals surface area contributed by atoms with Crippen LogP contribution in [0.4, 0.5) is 0 Å². The van der Waals surface area contributed by atoms with E-state index in [4.69, 9.17) is 12.2 Å². The molecule has 0 amide bonds. The molecule has 0 atom stereocenters. The van der Waals surface area contributed by atoms with Gasteiger partial charge in [0.2, 0.25) is 0 Å². The predicted octanol–water partition coefficient (Wildman–Crippen LogP) is 5.50. The highest BCUT2D eigenvalue weighted by Crippen LogP contribution is 2.32. The van der Waals surface area contributed by atoms with E-state index in [0.717, 1.165) is 12.1 Å². The van der Waals surface area contributed by atoms with Gasteiger partial charge in [0.05, 0.1) is 0 Å². The second kappa shape index (κ2) is 8.69. The van der Waals surface area contributed by atoms with Gasteiger partial charge in [-0.3, -0.25) is 0 Å². The third-order valence-corrected chi connectivity index (χ3v) is 7.08. The molecule has 0 aromatic rings. The summed E-state index contributed by atoms with van der Waals surface area (Å²) in [7, 11) is 2.29. The summed E-state index contributed by atoms with van der Waals surface area (Å²) in [5.41, 5.74) is 0. The maximum atomic E-state index is 6.09. The number of thiocarbonyl (C=S) groups is 1. The van der Waals surface area contributed by atoms with Crippen molar-refractivity contribution >= 4 is 17.3 Å². The van der Waals surface area contributed by atoms with Gasteiger partial charge < -0.3 is 9.80 Å². The zero-order valence-electron chi connectivity index (χ0n) is 15.1. The van der Waals surface area contributed by atoms with Gasteiger partial charge in [0.15, 0.2) is 5.11 Å². The summed E-state index contributed by atoms with van der Waals surface area (Å²) < 4.78 is 0. The van der Waals surface area contributed by atoms with Gasteiger partial charge >= 0.3 is 0 Å². The summed E-state index contributed by atoms with van der Waals surface area (Å²) in [6.07, 6.45) is 20.9. The van der Waals surface area contributed by atoms with E-state index in [0.29, 0.717) is 6.04 Å². The first-order valence-electron chi connectivity index (χ1n) is 10.3. The Morgan fingerprint density at radius 2 is 0.957 bits per heavy atom. The van der Waals surface area contributed by atoms with Crippen molar-refractivity contribution in [3.63, 3.8) is 0 Å². The van der Waals surface area contributed by atoms with Crippen LogP contribution in [-0.2, 0) is 0 Å². The van der Waals surface area contributed by atoms with Crippen LogP contribution in [0.5, 0.6) is 0 Å². The average molecular weight is 337 g/mol. The zero-order valence-corrected chi connectivity index (χ0v) is 16.0. The van der Waals surface area contributed by atoms with Crippen molar-refractivity contribution in [1.82, 2.24) is 9.80 Å². The largest absolute Gasteiger partial charge is 0.349 e. The molecular weight excluding hydrogens is 300 g/mol. The molecular formula is C20H36N2S. The molecule has 3 fully saturated rings. The lowest BCUT2D eigenvalue weighted by molar-refractivity contribution is 0.134. The predicted molar refractivity (Wildman–Crippen MR) is 103 cm³/mol. The van der Waals surface area contributed by atoms with Crippen LogP contribution >= 0.6 is 12.2 Å². The highest BCUT2D eigenvalue weighted by atomic mass is 32.1. The number of hydrogen-bond donors (Lipinski definition) is 0. The Labute approximate surface area is 149 Å². The van der Waals surface area contributed by atoms with Gasteiger partial charge in [-0.15, -0.1) is 0 Å². The summed E-state index contributed by atoms with van der Waals surface area (Å²) in [5.74, 6) is 0. The van der Waals surface area contributed by atoms with Crippen molar-refractivity contribution in [2.24, 2.45) is 0 Å². The van der Waals surface area contributed by atoms with Crippen LogP contribution in [0, 0.1) is 0 Å². The molecule has 3 heteroatoms. The van der Waals surface area contributed by atoms with Gasteiger partial charge in [-0.05, 0) is 50.7 Å². The molecule has 0 unspecified atom stereocenters. The molecule has 0 aromatic heterocycles. The highest BCUT2D eigenvalue weighted by molar-refractivity contribution is 7.80. The van der Waals surface area contributed by atoms with Crippen molar-refractivity contribution < 1.29 is 0 Å². The minimum Gasteiger partial charge on any atom is -0.349 e. The van der Waals surface area contributed by atoms with E-state index in [2.05, 4.69) is 16.8 Å². The van der Waals surface area contributed by atoms with Gasteiger partial charge in [0.1, 0.15) is 0 Å². The molecule has 2 nitrogen and oxygen atoms in total. The normalized spacial score (nSPS) is 25.3. The number of nitrogens with zero attached hydrogens (tertiary/aromatic N) is 2. The molecule has 0 heterocycles. The molecule has 0 radical (unpaired) electrons. The van der Waals surface area contributed by atoms with E-state index in [1.165, 1.54) is 101 Å². The second-order valence-electron chi connectivity index (χ2n) is 8.18. The van der Waals surface area contributed by atoms with Gasteiger partial charge in [0.25, 0.3) is 0 Å². The Balaban J connectivity index is 1.70. The van der Waals surface area contributed by atoms with E-state index in [1.54, 1.807) is 0 Å². The van der Waals surface area contributed by atoms with Gasteiger partial charge in [0, 0.05) is 25.2 Å². The standard InChI is InChI=1S/C20H36N2S/c1-21(17-11-5-2-6-12-17)20(23)22(18-13-7-3-8-14-18)19-15-9-4-10-16-19/h17-19H,2-16H2,1H3. The lowest BCUT2D eigenvalue weighted by Gasteiger charge is -2.47. The minimum absolute atomic E-state index is 0.700. The Hall–Kier alpha value is -0.310. The molecule has 3 aliphatic carbocycles. The fourth-order valence-corrected chi connectivity index (χ4v) is 5.58. The average Bonchev–Trinajstić information content (AvgIpc) is 2.64. The maximum Gasteiger partial charge on any atom is 0.172 e. The Morgan fingerprint density at radius 1 is 0.609 bits per heavy atom.